The van der Waals surface area contributed by atoms with Crippen LogP contribution in [0.15, 0.2) is 66.7 Å². The minimum atomic E-state index is -1.34. The van der Waals surface area contributed by atoms with Gasteiger partial charge < -0.3 is 29.2 Å². The zero-order chi connectivity index (χ0) is 35.9. The molecule has 0 saturated carbocycles. The van der Waals surface area contributed by atoms with Gasteiger partial charge >= 0.3 is 11.9 Å². The van der Waals surface area contributed by atoms with Crippen LogP contribution in [0.5, 0.6) is 23.0 Å². The van der Waals surface area contributed by atoms with Crippen molar-refractivity contribution in [3.8, 4) is 46.3 Å². The van der Waals surface area contributed by atoms with E-state index in [0.29, 0.717) is 20.6 Å². The minimum Gasteiger partial charge on any atom is -0.485 e. The van der Waals surface area contributed by atoms with E-state index in [0.717, 1.165) is 66.7 Å². The Morgan fingerprint density at radius 1 is 0.654 bits per heavy atom. The number of nitriles is 2. The molecule has 2 aliphatic heterocycles. The predicted molar refractivity (Wildman–Crippen MR) is 194 cm³/mol. The lowest BCUT2D eigenvalue weighted by atomic mass is 9.94. The quantitative estimate of drug-likeness (QED) is 0.247. The highest BCUT2D eigenvalue weighted by Crippen LogP contribution is 2.36. The number of carboxylic acid groups (broad SMARTS) is 2. The summed E-state index contributed by atoms with van der Waals surface area (Å²) in [6.45, 7) is 1.05. The van der Waals surface area contributed by atoms with Crippen molar-refractivity contribution in [1.82, 2.24) is 4.98 Å². The number of aliphatic carboxylic acids is 2. The van der Waals surface area contributed by atoms with Gasteiger partial charge in [-0.1, -0.05) is 42.5 Å². The number of carbonyl (C=O) groups is 2. The van der Waals surface area contributed by atoms with E-state index in [1.807, 2.05) is 78.9 Å². The van der Waals surface area contributed by atoms with Crippen LogP contribution in [0.1, 0.15) is 11.1 Å². The summed E-state index contributed by atoms with van der Waals surface area (Å²) in [7, 11) is 0. The maximum atomic E-state index is 11.9. The number of nitrogens with zero attached hydrogens (tertiary/aromatic N) is 3. The van der Waals surface area contributed by atoms with Crippen LogP contribution >= 0.6 is 22.7 Å². The molecule has 0 fully saturated rings. The predicted octanol–water partition coefficient (Wildman–Crippen LogP) is 3.90. The third-order valence-corrected chi connectivity index (χ3v) is 10.7. The third-order valence-electron chi connectivity index (χ3n) is 8.43. The molecule has 6 aromatic rings. The summed E-state index contributed by atoms with van der Waals surface area (Å²) in [5.41, 5.74) is 4.18. The van der Waals surface area contributed by atoms with E-state index in [1.165, 1.54) is 0 Å². The SMILES string of the molecule is N#C/C(C(=O)O)=c1\s/c(=C\c2ccc3nc4ccc(/C=c5\s/c(=C(\C#N)C(=O)O)c6c5OCCO6)cc4c(-c4ccccc4)c3c2)c2c1OCCO2. The van der Waals surface area contributed by atoms with Gasteiger partial charge in [0.15, 0.2) is 34.1 Å². The number of fused-ring (bicyclic) bond motifs is 4. The van der Waals surface area contributed by atoms with E-state index < -0.39 is 23.1 Å². The van der Waals surface area contributed by atoms with Gasteiger partial charge in [0.2, 0.25) is 0 Å². The summed E-state index contributed by atoms with van der Waals surface area (Å²) < 4.78 is 25.0. The zero-order valence-electron chi connectivity index (χ0n) is 26.8. The van der Waals surface area contributed by atoms with E-state index in [2.05, 4.69) is 0 Å². The molecule has 5 heterocycles. The van der Waals surface area contributed by atoms with Crippen LogP contribution in [0.25, 0.3) is 56.2 Å². The standard InChI is InChI=1S/C39H23N3O8S2/c40-18-25(38(43)44)36-34-32(47-10-12-49-34)29(51-36)16-20-6-8-27-23(14-20)31(22-4-2-1-3-5-22)24-15-21(7-9-28(24)42-27)17-30-33-35(50-13-11-48-33)37(52-30)26(19-41)39(45)46/h1-9,14-17H,10-13H2,(H,43,44)(H,45,46)/b29-16-,30-17-,36-25+,37-26+. The number of rotatable bonds is 5. The fraction of sp³-hybridized carbons (Fsp3) is 0.103. The number of ether oxygens (including phenoxy) is 4. The lowest BCUT2D eigenvalue weighted by Crippen LogP contribution is -2.20. The van der Waals surface area contributed by atoms with Gasteiger partial charge in [0, 0.05) is 16.3 Å². The average molecular weight is 726 g/mol. The Morgan fingerprint density at radius 2 is 1.10 bits per heavy atom. The lowest BCUT2D eigenvalue weighted by molar-refractivity contribution is -0.131. The van der Waals surface area contributed by atoms with Gasteiger partial charge in [-0.05, 0) is 53.1 Å². The smallest absolute Gasteiger partial charge is 0.348 e. The van der Waals surface area contributed by atoms with E-state index in [-0.39, 0.29) is 47.0 Å². The number of benzene rings is 3. The van der Waals surface area contributed by atoms with E-state index in [4.69, 9.17) is 23.9 Å². The van der Waals surface area contributed by atoms with Crippen molar-refractivity contribution in [3.05, 3.63) is 96.0 Å². The van der Waals surface area contributed by atoms with Crippen molar-refractivity contribution >= 4 is 79.7 Å². The van der Waals surface area contributed by atoms with E-state index in [9.17, 15) is 30.3 Å². The summed E-state index contributed by atoms with van der Waals surface area (Å²) >= 11 is 2.25. The van der Waals surface area contributed by atoms with Crippen molar-refractivity contribution < 1.29 is 38.7 Å². The Kier molecular flexibility index (Phi) is 8.27. The maximum absolute atomic E-state index is 11.9. The van der Waals surface area contributed by atoms with Gasteiger partial charge in [-0.25, -0.2) is 14.6 Å². The van der Waals surface area contributed by atoms with Crippen LogP contribution in [0.4, 0.5) is 0 Å². The molecule has 3 aromatic heterocycles. The Bertz CT molecular complexity index is 2670. The van der Waals surface area contributed by atoms with E-state index in [1.54, 1.807) is 12.1 Å². The van der Waals surface area contributed by atoms with Gasteiger partial charge in [0.25, 0.3) is 0 Å². The van der Waals surface area contributed by atoms with Crippen LogP contribution in [0.2, 0.25) is 0 Å². The van der Waals surface area contributed by atoms with Crippen molar-refractivity contribution in [2.75, 3.05) is 26.4 Å². The summed E-state index contributed by atoms with van der Waals surface area (Å²) in [6.07, 6.45) is 3.76. The molecule has 0 amide bonds. The topological polar surface area (TPSA) is 172 Å². The molecule has 254 valence electrons. The largest absolute Gasteiger partial charge is 0.485 e. The van der Waals surface area contributed by atoms with Gasteiger partial charge in [-0.2, -0.15) is 10.5 Å². The summed E-state index contributed by atoms with van der Waals surface area (Å²) in [5, 5.41) is 40.2. The highest BCUT2D eigenvalue weighted by Gasteiger charge is 2.24. The molecule has 0 bridgehead atoms. The molecular weight excluding hydrogens is 703 g/mol. The summed E-state index contributed by atoms with van der Waals surface area (Å²) in [6, 6.07) is 25.2. The number of thiophene rings is 2. The van der Waals surface area contributed by atoms with Gasteiger partial charge in [-0.3, -0.25) is 0 Å². The van der Waals surface area contributed by atoms with Crippen molar-refractivity contribution in [2.45, 2.75) is 0 Å². The molecule has 0 saturated heterocycles. The Morgan fingerprint density at radius 3 is 1.52 bits per heavy atom. The van der Waals surface area contributed by atoms with Crippen LogP contribution in [0.3, 0.4) is 0 Å². The molecule has 52 heavy (non-hydrogen) atoms. The number of hydrogen-bond donors (Lipinski definition) is 2. The second-order valence-corrected chi connectivity index (χ2v) is 13.7. The molecular formula is C39H23N3O8S2. The Labute approximate surface area is 301 Å². The van der Waals surface area contributed by atoms with Crippen molar-refractivity contribution in [2.24, 2.45) is 0 Å². The number of hydrogen-bond acceptors (Lipinski definition) is 11. The Hall–Kier alpha value is -6.67. The number of carboxylic acids is 2. The zero-order valence-corrected chi connectivity index (χ0v) is 28.5. The molecule has 2 aliphatic rings. The fourth-order valence-corrected chi connectivity index (χ4v) is 8.51. The first kappa shape index (κ1) is 32.5. The number of aromatic nitrogens is 1. The van der Waals surface area contributed by atoms with Crippen LogP contribution in [0, 0.1) is 22.7 Å². The second-order valence-electron chi connectivity index (χ2n) is 11.6. The molecule has 0 spiro atoms. The average Bonchev–Trinajstić information content (AvgIpc) is 3.69. The normalized spacial score (nSPS) is 15.2. The second kappa shape index (κ2) is 13.2. The molecule has 13 heteroatoms. The maximum Gasteiger partial charge on any atom is 0.348 e. The third kappa shape index (κ3) is 5.64. The Balaban J connectivity index is 1.36. The number of pyridine rings is 1. The highest BCUT2D eigenvalue weighted by molar-refractivity contribution is 7.09. The molecule has 0 atom stereocenters. The molecule has 0 aliphatic carbocycles. The highest BCUT2D eigenvalue weighted by atomic mass is 32.1. The first-order valence-electron chi connectivity index (χ1n) is 15.8. The summed E-state index contributed by atoms with van der Waals surface area (Å²) in [4.78, 5) is 28.7. The molecule has 0 unspecified atom stereocenters. The van der Waals surface area contributed by atoms with E-state index >= 15 is 0 Å². The monoisotopic (exact) mass is 725 g/mol. The van der Waals surface area contributed by atoms with Crippen LogP contribution in [-0.4, -0.2) is 53.6 Å². The molecule has 8 rings (SSSR count). The van der Waals surface area contributed by atoms with Crippen molar-refractivity contribution in [3.63, 3.8) is 0 Å². The van der Waals surface area contributed by atoms with Crippen molar-refractivity contribution in [1.29, 1.82) is 10.5 Å². The van der Waals surface area contributed by atoms with Gasteiger partial charge in [0.05, 0.1) is 29.2 Å². The summed E-state index contributed by atoms with van der Waals surface area (Å²) in [5.74, 6) is -1.38. The van der Waals surface area contributed by atoms with Crippen LogP contribution < -0.4 is 37.1 Å². The van der Waals surface area contributed by atoms with Gasteiger partial charge in [0.1, 0.15) is 38.6 Å². The fourth-order valence-electron chi connectivity index (χ4n) is 6.23. The molecule has 0 radical (unpaired) electrons. The van der Waals surface area contributed by atoms with Gasteiger partial charge in [-0.15, -0.1) is 22.7 Å². The minimum absolute atomic E-state index is 0.207. The lowest BCUT2D eigenvalue weighted by Gasteiger charge is -2.15. The molecule has 11 nitrogen and oxygen atoms in total. The first-order valence-corrected chi connectivity index (χ1v) is 17.5. The molecule has 3 aromatic carbocycles. The first-order chi connectivity index (χ1) is 25.3. The van der Waals surface area contributed by atoms with Crippen LogP contribution in [-0.2, 0) is 9.59 Å². The molecule has 2 N–H and O–H groups in total.